The van der Waals surface area contributed by atoms with Crippen LogP contribution < -0.4 is 16.0 Å². The van der Waals surface area contributed by atoms with Gasteiger partial charge in [-0.3, -0.25) is 10.2 Å². The van der Waals surface area contributed by atoms with Gasteiger partial charge >= 0.3 is 0 Å². The molecule has 0 aliphatic carbocycles. The van der Waals surface area contributed by atoms with Gasteiger partial charge in [0.15, 0.2) is 0 Å². The molecule has 0 atom stereocenters. The summed E-state index contributed by atoms with van der Waals surface area (Å²) >= 11 is 5.81. The molecule has 0 heterocycles. The third-order valence-corrected chi connectivity index (χ3v) is 2.82. The number of nitrogens with one attached hydrogen (secondary N) is 1. The van der Waals surface area contributed by atoms with Crippen LogP contribution in [0.2, 0.25) is 5.02 Å². The van der Waals surface area contributed by atoms with Crippen molar-refractivity contribution < 1.29 is 9.53 Å². The highest BCUT2D eigenvalue weighted by Crippen LogP contribution is 2.19. The van der Waals surface area contributed by atoms with E-state index in [1.54, 1.807) is 36.4 Å². The van der Waals surface area contributed by atoms with E-state index in [0.29, 0.717) is 22.9 Å². The molecule has 0 unspecified atom stereocenters. The van der Waals surface area contributed by atoms with Crippen molar-refractivity contribution in [2.75, 3.05) is 0 Å². The summed E-state index contributed by atoms with van der Waals surface area (Å²) in [6.07, 6.45) is 0. The van der Waals surface area contributed by atoms with E-state index in [2.05, 4.69) is 5.43 Å². The summed E-state index contributed by atoms with van der Waals surface area (Å²) in [4.78, 5) is 11.6. The largest absolute Gasteiger partial charge is 0.488 e. The zero-order valence-corrected chi connectivity index (χ0v) is 10.9. The molecule has 0 bridgehead atoms. The minimum absolute atomic E-state index is 0.353. The zero-order chi connectivity index (χ0) is 13.7. The average molecular weight is 277 g/mol. The van der Waals surface area contributed by atoms with Gasteiger partial charge in [-0.25, -0.2) is 5.84 Å². The first-order valence-electron chi connectivity index (χ1n) is 5.68. The zero-order valence-electron chi connectivity index (χ0n) is 10.1. The summed E-state index contributed by atoms with van der Waals surface area (Å²) in [5.74, 6) is 5.23. The summed E-state index contributed by atoms with van der Waals surface area (Å²) in [5, 5.41) is 0.673. The van der Waals surface area contributed by atoms with Crippen molar-refractivity contribution in [3.8, 4) is 5.75 Å². The topological polar surface area (TPSA) is 64.3 Å². The maximum Gasteiger partial charge on any atom is 0.268 e. The van der Waals surface area contributed by atoms with Gasteiger partial charge in [-0.05, 0) is 29.8 Å². The van der Waals surface area contributed by atoms with Crippen LogP contribution in [0.1, 0.15) is 15.9 Å². The number of rotatable bonds is 4. The van der Waals surface area contributed by atoms with E-state index in [0.717, 1.165) is 5.56 Å². The van der Waals surface area contributed by atoms with Gasteiger partial charge in [-0.15, -0.1) is 0 Å². The van der Waals surface area contributed by atoms with Crippen LogP contribution in [0.15, 0.2) is 48.5 Å². The second-order valence-electron chi connectivity index (χ2n) is 3.88. The highest BCUT2D eigenvalue weighted by Gasteiger charge is 2.10. The third-order valence-electron chi connectivity index (χ3n) is 2.57. The smallest absolute Gasteiger partial charge is 0.268 e. The molecule has 3 N–H and O–H groups in total. The molecule has 5 heteroatoms. The number of carbonyl (C=O) groups is 1. The Balaban J connectivity index is 2.11. The van der Waals surface area contributed by atoms with E-state index in [1.165, 1.54) is 0 Å². The average Bonchev–Trinajstić information content (AvgIpc) is 2.46. The second-order valence-corrected chi connectivity index (χ2v) is 4.32. The molecular weight excluding hydrogens is 264 g/mol. The van der Waals surface area contributed by atoms with E-state index < -0.39 is 0 Å². The lowest BCUT2D eigenvalue weighted by Crippen LogP contribution is -2.30. The van der Waals surface area contributed by atoms with Crippen molar-refractivity contribution in [2.45, 2.75) is 6.61 Å². The highest BCUT2D eigenvalue weighted by molar-refractivity contribution is 6.30. The summed E-state index contributed by atoms with van der Waals surface area (Å²) in [6.45, 7) is 0.353. The quantitative estimate of drug-likeness (QED) is 0.512. The SMILES string of the molecule is NNC(=O)c1ccccc1OCc1ccc(Cl)cc1. The van der Waals surface area contributed by atoms with Crippen molar-refractivity contribution in [3.05, 3.63) is 64.7 Å². The van der Waals surface area contributed by atoms with Crippen molar-refractivity contribution in [2.24, 2.45) is 5.84 Å². The molecule has 0 saturated carbocycles. The van der Waals surface area contributed by atoms with E-state index in [9.17, 15) is 4.79 Å². The molecule has 0 fully saturated rings. The summed E-state index contributed by atoms with van der Waals surface area (Å²) in [6, 6.07) is 14.2. The maximum absolute atomic E-state index is 11.6. The van der Waals surface area contributed by atoms with E-state index in [4.69, 9.17) is 22.2 Å². The summed E-state index contributed by atoms with van der Waals surface area (Å²) in [5.41, 5.74) is 3.46. The molecule has 0 aromatic heterocycles. The van der Waals surface area contributed by atoms with Gasteiger partial charge in [0.25, 0.3) is 5.91 Å². The number of hydrogen-bond acceptors (Lipinski definition) is 3. The Morgan fingerprint density at radius 1 is 1.16 bits per heavy atom. The van der Waals surface area contributed by atoms with Crippen molar-refractivity contribution in [3.63, 3.8) is 0 Å². The van der Waals surface area contributed by atoms with Crippen LogP contribution in [0.25, 0.3) is 0 Å². The van der Waals surface area contributed by atoms with Gasteiger partial charge < -0.3 is 4.74 Å². The number of hydrogen-bond donors (Lipinski definition) is 2. The molecule has 1 amide bonds. The lowest BCUT2D eigenvalue weighted by atomic mass is 10.2. The fourth-order valence-corrected chi connectivity index (χ4v) is 1.73. The van der Waals surface area contributed by atoms with Crippen LogP contribution in [0, 0.1) is 0 Å². The fourth-order valence-electron chi connectivity index (χ4n) is 1.60. The van der Waals surface area contributed by atoms with Crippen molar-refractivity contribution in [1.82, 2.24) is 5.43 Å². The minimum atomic E-state index is -0.383. The molecule has 19 heavy (non-hydrogen) atoms. The molecular formula is C14H13ClN2O2. The molecule has 4 nitrogen and oxygen atoms in total. The van der Waals surface area contributed by atoms with Crippen LogP contribution in [0.3, 0.4) is 0 Å². The minimum Gasteiger partial charge on any atom is -0.488 e. The van der Waals surface area contributed by atoms with Crippen LogP contribution in [0.4, 0.5) is 0 Å². The predicted molar refractivity (Wildman–Crippen MR) is 73.9 cm³/mol. The number of benzene rings is 2. The first-order valence-corrected chi connectivity index (χ1v) is 6.05. The highest BCUT2D eigenvalue weighted by atomic mass is 35.5. The fraction of sp³-hybridized carbons (Fsp3) is 0.0714. The lowest BCUT2D eigenvalue weighted by Gasteiger charge is -2.10. The van der Waals surface area contributed by atoms with Crippen LogP contribution >= 0.6 is 11.6 Å². The standard InChI is InChI=1S/C14H13ClN2O2/c15-11-7-5-10(6-8-11)9-19-13-4-2-1-3-12(13)14(18)17-16/h1-8H,9,16H2,(H,17,18). The Morgan fingerprint density at radius 2 is 1.84 bits per heavy atom. The number of amides is 1. The Hall–Kier alpha value is -2.04. The van der Waals surface area contributed by atoms with E-state index >= 15 is 0 Å². The van der Waals surface area contributed by atoms with Gasteiger partial charge in [0.2, 0.25) is 0 Å². The molecule has 0 aliphatic rings. The normalized spacial score (nSPS) is 10.0. The molecule has 2 aromatic rings. The van der Waals surface area contributed by atoms with Gasteiger partial charge in [0.1, 0.15) is 12.4 Å². The van der Waals surface area contributed by atoms with Crippen molar-refractivity contribution in [1.29, 1.82) is 0 Å². The third kappa shape index (κ3) is 3.47. The number of halogens is 1. The lowest BCUT2D eigenvalue weighted by molar-refractivity contribution is 0.0949. The number of carbonyl (C=O) groups excluding carboxylic acids is 1. The molecule has 0 saturated heterocycles. The molecule has 0 aliphatic heterocycles. The van der Waals surface area contributed by atoms with Crippen molar-refractivity contribution >= 4 is 17.5 Å². The number of para-hydroxylation sites is 1. The number of ether oxygens (including phenoxy) is 1. The van der Waals surface area contributed by atoms with Crippen LogP contribution in [-0.4, -0.2) is 5.91 Å². The maximum atomic E-state index is 11.6. The number of nitrogens with two attached hydrogens (primary N) is 1. The second kappa shape index (κ2) is 6.22. The Kier molecular flexibility index (Phi) is 4.39. The first-order chi connectivity index (χ1) is 9.20. The molecule has 2 aromatic carbocycles. The van der Waals surface area contributed by atoms with Gasteiger partial charge in [0, 0.05) is 5.02 Å². The van der Waals surface area contributed by atoms with Crippen LogP contribution in [-0.2, 0) is 6.61 Å². The monoisotopic (exact) mass is 276 g/mol. The Bertz CT molecular complexity index is 570. The Labute approximate surface area is 116 Å². The van der Waals surface area contributed by atoms with Gasteiger partial charge in [-0.1, -0.05) is 35.9 Å². The molecule has 98 valence electrons. The Morgan fingerprint density at radius 3 is 2.53 bits per heavy atom. The van der Waals surface area contributed by atoms with Gasteiger partial charge in [0.05, 0.1) is 5.56 Å². The first kappa shape index (κ1) is 13.4. The molecule has 2 rings (SSSR count). The number of hydrazine groups is 1. The van der Waals surface area contributed by atoms with Gasteiger partial charge in [-0.2, -0.15) is 0 Å². The molecule has 0 radical (unpaired) electrons. The summed E-state index contributed by atoms with van der Waals surface area (Å²) in [7, 11) is 0. The summed E-state index contributed by atoms with van der Waals surface area (Å²) < 4.78 is 5.63. The number of nitrogen functional groups attached to an aromatic ring is 1. The van der Waals surface area contributed by atoms with E-state index in [1.807, 2.05) is 12.1 Å². The van der Waals surface area contributed by atoms with E-state index in [-0.39, 0.29) is 5.91 Å². The predicted octanol–water partition coefficient (Wildman–Crippen LogP) is 2.52. The van der Waals surface area contributed by atoms with Crippen LogP contribution in [0.5, 0.6) is 5.75 Å². The molecule has 0 spiro atoms.